The minimum atomic E-state index is -0.0524. The molecule has 1 N–H and O–H groups in total. The number of carbonyl (C=O) groups excluding carboxylic acids is 1. The van der Waals surface area contributed by atoms with Gasteiger partial charge in [0.2, 0.25) is 0 Å². The molecule has 116 valence electrons. The summed E-state index contributed by atoms with van der Waals surface area (Å²) in [6, 6.07) is 9.99. The normalized spacial score (nSPS) is 10.5. The van der Waals surface area contributed by atoms with Gasteiger partial charge in [-0.2, -0.15) is 11.3 Å². The van der Waals surface area contributed by atoms with Crippen molar-refractivity contribution in [1.82, 2.24) is 10.3 Å². The molecule has 3 nitrogen and oxygen atoms in total. The van der Waals surface area contributed by atoms with Gasteiger partial charge in [0, 0.05) is 30.1 Å². The van der Waals surface area contributed by atoms with Crippen molar-refractivity contribution in [3.63, 3.8) is 0 Å². The molecule has 0 unspecified atom stereocenters. The molecular weight excluding hydrogens is 304 g/mol. The number of nitrogens with one attached hydrogen (secondary N) is 1. The first-order chi connectivity index (χ1) is 11.1. The number of carbonyl (C=O) groups is 1. The fourth-order valence-electron chi connectivity index (χ4n) is 2.52. The van der Waals surface area contributed by atoms with Crippen LogP contribution in [-0.2, 0) is 6.54 Å². The summed E-state index contributed by atoms with van der Waals surface area (Å²) in [5.74, 6) is -0.0524. The van der Waals surface area contributed by atoms with E-state index in [1.165, 1.54) is 0 Å². The summed E-state index contributed by atoms with van der Waals surface area (Å²) in [6.07, 6.45) is 3.63. The third-order valence-electron chi connectivity index (χ3n) is 3.73. The molecule has 2 heterocycles. The summed E-state index contributed by atoms with van der Waals surface area (Å²) in [6.45, 7) is 4.45. The van der Waals surface area contributed by atoms with Gasteiger partial charge in [0.15, 0.2) is 0 Å². The van der Waals surface area contributed by atoms with Crippen LogP contribution in [0.5, 0.6) is 0 Å². The minimum absolute atomic E-state index is 0.0524. The fourth-order valence-corrected chi connectivity index (χ4v) is 3.18. The molecule has 0 radical (unpaired) electrons. The molecule has 0 fully saturated rings. The Balaban J connectivity index is 1.71. The molecular formula is C19H18N2OS. The molecule has 0 atom stereocenters. The minimum Gasteiger partial charge on any atom is -0.348 e. The molecule has 0 saturated heterocycles. The van der Waals surface area contributed by atoms with E-state index in [1.54, 1.807) is 17.5 Å². The van der Waals surface area contributed by atoms with E-state index in [2.05, 4.69) is 27.8 Å². The van der Waals surface area contributed by atoms with E-state index in [0.717, 1.165) is 33.4 Å². The Labute approximate surface area is 140 Å². The lowest BCUT2D eigenvalue weighted by Gasteiger charge is -2.09. The third kappa shape index (κ3) is 3.66. The number of rotatable bonds is 4. The smallest absolute Gasteiger partial charge is 0.251 e. The molecule has 3 rings (SSSR count). The van der Waals surface area contributed by atoms with Crippen LogP contribution >= 0.6 is 11.3 Å². The molecule has 23 heavy (non-hydrogen) atoms. The quantitative estimate of drug-likeness (QED) is 0.775. The van der Waals surface area contributed by atoms with E-state index >= 15 is 0 Å². The lowest BCUT2D eigenvalue weighted by Crippen LogP contribution is -2.23. The van der Waals surface area contributed by atoms with Crippen LogP contribution in [0.15, 0.2) is 53.5 Å². The number of pyridine rings is 1. The van der Waals surface area contributed by atoms with Crippen LogP contribution < -0.4 is 5.32 Å². The average molecular weight is 322 g/mol. The molecule has 0 aliphatic heterocycles. The number of hydrogen-bond donors (Lipinski definition) is 1. The van der Waals surface area contributed by atoms with E-state index in [9.17, 15) is 4.79 Å². The number of nitrogens with zero attached hydrogens (tertiary/aromatic N) is 1. The molecule has 0 bridgehead atoms. The lowest BCUT2D eigenvalue weighted by molar-refractivity contribution is 0.0950. The van der Waals surface area contributed by atoms with Crippen LogP contribution in [0.2, 0.25) is 0 Å². The van der Waals surface area contributed by atoms with Gasteiger partial charge in [0.05, 0.1) is 0 Å². The zero-order chi connectivity index (χ0) is 16.2. The van der Waals surface area contributed by atoms with Crippen molar-refractivity contribution in [2.45, 2.75) is 20.4 Å². The second-order valence-electron chi connectivity index (χ2n) is 5.59. The number of aryl methyl sites for hydroxylation is 2. The summed E-state index contributed by atoms with van der Waals surface area (Å²) in [5, 5.41) is 7.11. The molecule has 0 spiro atoms. The Morgan fingerprint density at radius 1 is 1.13 bits per heavy atom. The van der Waals surface area contributed by atoms with Gasteiger partial charge in [-0.1, -0.05) is 17.7 Å². The number of amides is 1. The standard InChI is InChI=1S/C19H18N2OS/c1-13-3-4-18(14(2)7-13)19(22)21-10-15-8-17(11-20-9-15)16-5-6-23-12-16/h3-9,11-12H,10H2,1-2H3,(H,21,22). The van der Waals surface area contributed by atoms with Crippen molar-refractivity contribution >= 4 is 17.2 Å². The van der Waals surface area contributed by atoms with Crippen molar-refractivity contribution in [3.05, 3.63) is 75.7 Å². The van der Waals surface area contributed by atoms with Crippen LogP contribution in [0.4, 0.5) is 0 Å². The SMILES string of the molecule is Cc1ccc(C(=O)NCc2cncc(-c3ccsc3)c2)c(C)c1. The van der Waals surface area contributed by atoms with Crippen molar-refractivity contribution in [3.8, 4) is 11.1 Å². The van der Waals surface area contributed by atoms with Crippen LogP contribution in [-0.4, -0.2) is 10.9 Å². The highest BCUT2D eigenvalue weighted by molar-refractivity contribution is 7.08. The Hall–Kier alpha value is -2.46. The molecule has 1 amide bonds. The summed E-state index contributed by atoms with van der Waals surface area (Å²) >= 11 is 1.66. The van der Waals surface area contributed by atoms with E-state index < -0.39 is 0 Å². The molecule has 0 saturated carbocycles. The van der Waals surface area contributed by atoms with E-state index in [1.807, 2.05) is 43.6 Å². The van der Waals surface area contributed by atoms with E-state index in [0.29, 0.717) is 6.54 Å². The second kappa shape index (κ2) is 6.75. The number of thiophene rings is 1. The maximum atomic E-state index is 12.3. The van der Waals surface area contributed by atoms with Gasteiger partial charge in [-0.3, -0.25) is 9.78 Å². The molecule has 0 aliphatic rings. The number of benzene rings is 1. The van der Waals surface area contributed by atoms with Crippen molar-refractivity contribution in [2.75, 3.05) is 0 Å². The van der Waals surface area contributed by atoms with Gasteiger partial charge in [-0.05, 0) is 59.5 Å². The lowest BCUT2D eigenvalue weighted by atomic mass is 10.1. The Bertz CT molecular complexity index is 825. The highest BCUT2D eigenvalue weighted by Crippen LogP contribution is 2.22. The van der Waals surface area contributed by atoms with Crippen molar-refractivity contribution in [1.29, 1.82) is 0 Å². The fraction of sp³-hybridized carbons (Fsp3) is 0.158. The first kappa shape index (κ1) is 15.4. The molecule has 3 aromatic rings. The van der Waals surface area contributed by atoms with Crippen LogP contribution in [0, 0.1) is 13.8 Å². The summed E-state index contributed by atoms with van der Waals surface area (Å²) in [5.41, 5.74) is 6.10. The van der Waals surface area contributed by atoms with Gasteiger partial charge in [-0.15, -0.1) is 0 Å². The first-order valence-electron chi connectivity index (χ1n) is 7.45. The van der Waals surface area contributed by atoms with E-state index in [-0.39, 0.29) is 5.91 Å². The molecule has 1 aromatic carbocycles. The maximum absolute atomic E-state index is 12.3. The van der Waals surface area contributed by atoms with Gasteiger partial charge in [0.1, 0.15) is 0 Å². The van der Waals surface area contributed by atoms with Gasteiger partial charge in [-0.25, -0.2) is 0 Å². The number of hydrogen-bond acceptors (Lipinski definition) is 3. The van der Waals surface area contributed by atoms with Gasteiger partial charge >= 0.3 is 0 Å². The highest BCUT2D eigenvalue weighted by atomic mass is 32.1. The van der Waals surface area contributed by atoms with Crippen LogP contribution in [0.3, 0.4) is 0 Å². The van der Waals surface area contributed by atoms with Crippen LogP contribution in [0.1, 0.15) is 27.0 Å². The maximum Gasteiger partial charge on any atom is 0.251 e. The molecule has 0 aliphatic carbocycles. The predicted molar refractivity (Wildman–Crippen MR) is 94.6 cm³/mol. The Morgan fingerprint density at radius 3 is 2.74 bits per heavy atom. The number of aromatic nitrogens is 1. The largest absolute Gasteiger partial charge is 0.348 e. The first-order valence-corrected chi connectivity index (χ1v) is 8.40. The highest BCUT2D eigenvalue weighted by Gasteiger charge is 2.09. The van der Waals surface area contributed by atoms with Gasteiger partial charge < -0.3 is 5.32 Å². The monoisotopic (exact) mass is 322 g/mol. The van der Waals surface area contributed by atoms with Crippen molar-refractivity contribution in [2.24, 2.45) is 0 Å². The topological polar surface area (TPSA) is 42.0 Å². The zero-order valence-electron chi connectivity index (χ0n) is 13.2. The second-order valence-corrected chi connectivity index (χ2v) is 6.37. The summed E-state index contributed by atoms with van der Waals surface area (Å²) < 4.78 is 0. The summed E-state index contributed by atoms with van der Waals surface area (Å²) in [4.78, 5) is 16.6. The Morgan fingerprint density at radius 2 is 2.00 bits per heavy atom. The summed E-state index contributed by atoms with van der Waals surface area (Å²) in [7, 11) is 0. The Kier molecular flexibility index (Phi) is 4.53. The van der Waals surface area contributed by atoms with Crippen molar-refractivity contribution < 1.29 is 4.79 Å². The zero-order valence-corrected chi connectivity index (χ0v) is 14.0. The third-order valence-corrected chi connectivity index (χ3v) is 4.41. The average Bonchev–Trinajstić information content (AvgIpc) is 3.07. The molecule has 4 heteroatoms. The van der Waals surface area contributed by atoms with Crippen LogP contribution in [0.25, 0.3) is 11.1 Å². The molecule has 2 aromatic heterocycles. The predicted octanol–water partition coefficient (Wildman–Crippen LogP) is 4.36. The van der Waals surface area contributed by atoms with E-state index in [4.69, 9.17) is 0 Å². The van der Waals surface area contributed by atoms with Gasteiger partial charge in [0.25, 0.3) is 5.91 Å².